The van der Waals surface area contributed by atoms with Gasteiger partial charge in [-0.25, -0.2) is 0 Å². The maximum Gasteiger partial charge on any atom is 0.0870 e. The summed E-state index contributed by atoms with van der Waals surface area (Å²) in [6.45, 7) is 5.11. The first kappa shape index (κ1) is 8.54. The SMILES string of the molecule is CCC/C=C\OCCC. The van der Waals surface area contributed by atoms with E-state index in [1.807, 2.05) is 0 Å². The fourth-order valence-corrected chi connectivity index (χ4v) is 0.489. The number of hydrogen-bond acceptors (Lipinski definition) is 1. The molecule has 0 saturated carbocycles. The molecule has 0 heterocycles. The Hall–Kier alpha value is -0.460. The van der Waals surface area contributed by atoms with Crippen molar-refractivity contribution in [3.05, 3.63) is 12.3 Å². The summed E-state index contributed by atoms with van der Waals surface area (Å²) in [7, 11) is 0. The van der Waals surface area contributed by atoms with Crippen LogP contribution in [-0.2, 0) is 4.74 Å². The highest BCUT2D eigenvalue weighted by Gasteiger charge is 1.74. The van der Waals surface area contributed by atoms with Gasteiger partial charge < -0.3 is 4.74 Å². The van der Waals surface area contributed by atoms with E-state index in [0.29, 0.717) is 0 Å². The van der Waals surface area contributed by atoms with Crippen LogP contribution in [0.2, 0.25) is 0 Å². The van der Waals surface area contributed by atoms with Crippen LogP contribution in [0, 0.1) is 0 Å². The second-order valence-electron chi connectivity index (χ2n) is 2.03. The van der Waals surface area contributed by atoms with Gasteiger partial charge in [0.2, 0.25) is 0 Å². The molecule has 0 rings (SSSR count). The monoisotopic (exact) mass is 128 g/mol. The van der Waals surface area contributed by atoms with Crippen molar-refractivity contribution < 1.29 is 4.74 Å². The van der Waals surface area contributed by atoms with E-state index in [1.54, 1.807) is 6.26 Å². The summed E-state index contributed by atoms with van der Waals surface area (Å²) < 4.78 is 5.10. The van der Waals surface area contributed by atoms with Crippen LogP contribution in [0.15, 0.2) is 12.3 Å². The zero-order chi connectivity index (χ0) is 6.95. The molecule has 0 aliphatic heterocycles. The molecule has 54 valence electrons. The lowest BCUT2D eigenvalue weighted by Gasteiger charge is -1.93. The first-order valence-electron chi connectivity index (χ1n) is 3.68. The van der Waals surface area contributed by atoms with Crippen LogP contribution in [0.25, 0.3) is 0 Å². The summed E-state index contributed by atoms with van der Waals surface area (Å²) in [6.07, 6.45) is 7.29. The van der Waals surface area contributed by atoms with Gasteiger partial charge in [-0.15, -0.1) is 0 Å². The van der Waals surface area contributed by atoms with E-state index in [2.05, 4.69) is 19.9 Å². The Bertz CT molecular complexity index is 67.0. The molecule has 1 heteroatoms. The van der Waals surface area contributed by atoms with Crippen molar-refractivity contribution in [1.82, 2.24) is 0 Å². The summed E-state index contributed by atoms with van der Waals surface area (Å²) in [6, 6.07) is 0. The predicted molar refractivity (Wildman–Crippen MR) is 40.3 cm³/mol. The van der Waals surface area contributed by atoms with Gasteiger partial charge in [0.15, 0.2) is 0 Å². The quantitative estimate of drug-likeness (QED) is 0.408. The lowest BCUT2D eigenvalue weighted by molar-refractivity contribution is 0.249. The highest BCUT2D eigenvalue weighted by Crippen LogP contribution is 1.89. The van der Waals surface area contributed by atoms with Crippen molar-refractivity contribution in [3.63, 3.8) is 0 Å². The number of ether oxygens (including phenoxy) is 1. The van der Waals surface area contributed by atoms with E-state index in [4.69, 9.17) is 4.74 Å². The first-order valence-corrected chi connectivity index (χ1v) is 3.68. The number of unbranched alkanes of at least 4 members (excludes halogenated alkanes) is 1. The van der Waals surface area contributed by atoms with Gasteiger partial charge in [0.05, 0.1) is 12.9 Å². The molecular formula is C8H16O. The average molecular weight is 128 g/mol. The molecule has 0 aromatic rings. The van der Waals surface area contributed by atoms with Crippen LogP contribution < -0.4 is 0 Å². The molecule has 0 aliphatic rings. The predicted octanol–water partition coefficient (Wildman–Crippen LogP) is 2.73. The minimum atomic E-state index is 0.847. The highest BCUT2D eigenvalue weighted by atomic mass is 16.5. The Kier molecular flexibility index (Phi) is 7.15. The fraction of sp³-hybridized carbons (Fsp3) is 0.750. The summed E-state index contributed by atoms with van der Waals surface area (Å²) in [5.41, 5.74) is 0. The molecule has 0 aliphatic carbocycles. The van der Waals surface area contributed by atoms with Gasteiger partial charge in [0, 0.05) is 0 Å². The molecule has 0 bridgehead atoms. The summed E-state index contributed by atoms with van der Waals surface area (Å²) in [5, 5.41) is 0. The molecular weight excluding hydrogens is 112 g/mol. The number of hydrogen-bond donors (Lipinski definition) is 0. The molecule has 0 fully saturated rings. The lowest BCUT2D eigenvalue weighted by Crippen LogP contribution is -1.81. The molecule has 0 amide bonds. The van der Waals surface area contributed by atoms with Gasteiger partial charge in [0.25, 0.3) is 0 Å². The Morgan fingerprint density at radius 2 is 2.00 bits per heavy atom. The van der Waals surface area contributed by atoms with Crippen LogP contribution in [0.5, 0.6) is 0 Å². The van der Waals surface area contributed by atoms with Crippen molar-refractivity contribution in [2.45, 2.75) is 33.1 Å². The van der Waals surface area contributed by atoms with Crippen molar-refractivity contribution >= 4 is 0 Å². The molecule has 0 saturated heterocycles. The third-order valence-electron chi connectivity index (χ3n) is 0.970. The van der Waals surface area contributed by atoms with E-state index in [9.17, 15) is 0 Å². The molecule has 1 nitrogen and oxygen atoms in total. The van der Waals surface area contributed by atoms with Gasteiger partial charge >= 0.3 is 0 Å². The van der Waals surface area contributed by atoms with Crippen LogP contribution in [-0.4, -0.2) is 6.61 Å². The molecule has 0 spiro atoms. The molecule has 0 unspecified atom stereocenters. The smallest absolute Gasteiger partial charge is 0.0870 e. The molecule has 9 heavy (non-hydrogen) atoms. The zero-order valence-electron chi connectivity index (χ0n) is 6.39. The van der Waals surface area contributed by atoms with Crippen LogP contribution in [0.3, 0.4) is 0 Å². The maximum atomic E-state index is 5.10. The van der Waals surface area contributed by atoms with Gasteiger partial charge in [-0.1, -0.05) is 20.3 Å². The number of allylic oxidation sites excluding steroid dienone is 1. The highest BCUT2D eigenvalue weighted by molar-refractivity contribution is 4.71. The molecule has 0 aromatic carbocycles. The minimum Gasteiger partial charge on any atom is -0.502 e. The normalized spacial score (nSPS) is 10.4. The van der Waals surface area contributed by atoms with Gasteiger partial charge in [-0.2, -0.15) is 0 Å². The second kappa shape index (κ2) is 7.54. The van der Waals surface area contributed by atoms with Crippen LogP contribution in [0.4, 0.5) is 0 Å². The van der Waals surface area contributed by atoms with Gasteiger partial charge in [-0.05, 0) is 18.9 Å². The zero-order valence-corrected chi connectivity index (χ0v) is 6.39. The largest absolute Gasteiger partial charge is 0.502 e. The Morgan fingerprint density at radius 1 is 1.22 bits per heavy atom. The lowest BCUT2D eigenvalue weighted by atomic mass is 10.3. The molecule has 0 N–H and O–H groups in total. The summed E-state index contributed by atoms with van der Waals surface area (Å²) >= 11 is 0. The standard InChI is InChI=1S/C8H16O/c1-3-5-6-8-9-7-4-2/h6,8H,3-5,7H2,1-2H3/b8-6-. The third-order valence-corrected chi connectivity index (χ3v) is 0.970. The Balaban J connectivity index is 2.86. The van der Waals surface area contributed by atoms with E-state index >= 15 is 0 Å². The van der Waals surface area contributed by atoms with Crippen molar-refractivity contribution in [1.29, 1.82) is 0 Å². The van der Waals surface area contributed by atoms with Crippen LogP contribution in [0.1, 0.15) is 33.1 Å². The Morgan fingerprint density at radius 3 is 2.56 bits per heavy atom. The van der Waals surface area contributed by atoms with Crippen LogP contribution >= 0.6 is 0 Å². The minimum absolute atomic E-state index is 0.847. The summed E-state index contributed by atoms with van der Waals surface area (Å²) in [4.78, 5) is 0. The fourth-order valence-electron chi connectivity index (χ4n) is 0.489. The van der Waals surface area contributed by atoms with Crippen molar-refractivity contribution in [3.8, 4) is 0 Å². The number of rotatable bonds is 5. The average Bonchev–Trinajstić information content (AvgIpc) is 1.89. The third kappa shape index (κ3) is 7.54. The van der Waals surface area contributed by atoms with E-state index in [-0.39, 0.29) is 0 Å². The topological polar surface area (TPSA) is 9.23 Å². The van der Waals surface area contributed by atoms with Gasteiger partial charge in [0.1, 0.15) is 0 Å². The second-order valence-corrected chi connectivity index (χ2v) is 2.03. The summed E-state index contributed by atoms with van der Waals surface area (Å²) in [5.74, 6) is 0. The van der Waals surface area contributed by atoms with Crippen molar-refractivity contribution in [2.24, 2.45) is 0 Å². The Labute approximate surface area is 57.7 Å². The first-order chi connectivity index (χ1) is 4.41. The molecule has 0 radical (unpaired) electrons. The van der Waals surface area contributed by atoms with Gasteiger partial charge in [-0.3, -0.25) is 0 Å². The van der Waals surface area contributed by atoms with E-state index in [1.165, 1.54) is 6.42 Å². The van der Waals surface area contributed by atoms with E-state index < -0.39 is 0 Å². The van der Waals surface area contributed by atoms with Crippen molar-refractivity contribution in [2.75, 3.05) is 6.61 Å². The molecule has 0 atom stereocenters. The molecule has 0 aromatic heterocycles. The van der Waals surface area contributed by atoms with E-state index in [0.717, 1.165) is 19.4 Å². The maximum absolute atomic E-state index is 5.10.